The van der Waals surface area contributed by atoms with Gasteiger partial charge in [-0.3, -0.25) is 9.13 Å². The summed E-state index contributed by atoms with van der Waals surface area (Å²) in [6, 6.07) is 0. The second-order valence-electron chi connectivity index (χ2n) is 6.63. The fourth-order valence-corrected chi connectivity index (χ4v) is 6.94. The summed E-state index contributed by atoms with van der Waals surface area (Å²) in [4.78, 5) is 35.8. The summed E-state index contributed by atoms with van der Waals surface area (Å²) < 4.78 is 24.1. The molecule has 1 saturated heterocycles. The Morgan fingerprint density at radius 1 is 1.00 bits per heavy atom. The summed E-state index contributed by atoms with van der Waals surface area (Å²) >= 11 is 0. The molecule has 1 aliphatic heterocycles. The van der Waals surface area contributed by atoms with Crippen LogP contribution in [0, 0.1) is 11.8 Å². The third kappa shape index (κ3) is 3.18. The van der Waals surface area contributed by atoms with E-state index in [1.54, 1.807) is 0 Å². The molecular weight excluding hydrogens is 419 g/mol. The number of hydrogen-bond donors (Lipinski definition) is 4. The van der Waals surface area contributed by atoms with E-state index in [1.165, 1.54) is 0 Å². The minimum Gasteiger partial charge on any atom is -1.00 e. The zero-order valence-electron chi connectivity index (χ0n) is 11.5. The maximum atomic E-state index is 11.7. The van der Waals surface area contributed by atoms with Crippen molar-refractivity contribution in [2.75, 3.05) is 27.2 Å². The first-order valence-electron chi connectivity index (χ1n) is 6.31. The van der Waals surface area contributed by atoms with Crippen LogP contribution in [0.2, 0.25) is 0 Å². The van der Waals surface area contributed by atoms with E-state index >= 15 is 0 Å². The minimum atomic E-state index is -4.85. The molecule has 2 fully saturated rings. The molecule has 7 nitrogen and oxygen atoms in total. The molecule has 120 valence electrons. The van der Waals surface area contributed by atoms with Crippen molar-refractivity contribution in [2.45, 2.75) is 24.2 Å². The molecule has 0 aromatic rings. The zero-order chi connectivity index (χ0) is 14.7. The third-order valence-corrected chi connectivity index (χ3v) is 9.23. The van der Waals surface area contributed by atoms with Gasteiger partial charge in [-0.2, -0.15) is 0 Å². The highest BCUT2D eigenvalue weighted by Crippen LogP contribution is 2.77. The molecule has 2 unspecified atom stereocenters. The van der Waals surface area contributed by atoms with Crippen molar-refractivity contribution in [1.82, 2.24) is 0 Å². The Bertz CT molecular complexity index is 450. The molecule has 0 radical (unpaired) electrons. The van der Waals surface area contributed by atoms with Crippen LogP contribution >= 0.6 is 15.2 Å². The Hall–Kier alpha value is 0.990. The number of hydrogen-bond acceptors (Lipinski definition) is 2. The molecule has 1 aliphatic carbocycles. The van der Waals surface area contributed by atoms with E-state index < -0.39 is 20.1 Å². The van der Waals surface area contributed by atoms with E-state index in [0.717, 1.165) is 17.4 Å². The Balaban J connectivity index is 0.00000200. The van der Waals surface area contributed by atoms with Gasteiger partial charge in [0.25, 0.3) is 0 Å². The average Bonchev–Trinajstić information content (AvgIpc) is 2.53. The summed E-state index contributed by atoms with van der Waals surface area (Å²) in [5.41, 5.74) is 0. The third-order valence-electron chi connectivity index (χ3n) is 4.76. The monoisotopic (exact) mass is 441 g/mol. The van der Waals surface area contributed by atoms with E-state index in [0.29, 0.717) is 6.54 Å². The fraction of sp³-hybridized carbons (Fsp3) is 1.00. The molecule has 2 aliphatic rings. The second kappa shape index (κ2) is 5.57. The predicted molar refractivity (Wildman–Crippen MR) is 69.5 cm³/mol. The molecule has 4 N–H and O–H groups in total. The number of fused-ring (bicyclic) bond motifs is 1. The molecule has 20 heavy (non-hydrogen) atoms. The summed E-state index contributed by atoms with van der Waals surface area (Å²) in [6.07, 6.45) is 0.625. The maximum absolute atomic E-state index is 11.7. The molecule has 0 spiro atoms. The largest absolute Gasteiger partial charge is 1.00 e. The Morgan fingerprint density at radius 2 is 1.45 bits per heavy atom. The van der Waals surface area contributed by atoms with E-state index in [9.17, 15) is 28.7 Å². The highest BCUT2D eigenvalue weighted by atomic mass is 127. The van der Waals surface area contributed by atoms with Crippen LogP contribution in [0.1, 0.15) is 19.3 Å². The Kier molecular flexibility index (Phi) is 5.30. The van der Waals surface area contributed by atoms with Crippen molar-refractivity contribution < 1.29 is 57.2 Å². The van der Waals surface area contributed by atoms with Crippen LogP contribution in [-0.4, -0.2) is 56.1 Å². The summed E-state index contributed by atoms with van der Waals surface area (Å²) in [5, 5.41) is 0. The van der Waals surface area contributed by atoms with Gasteiger partial charge in [0.1, 0.15) is 0 Å². The van der Waals surface area contributed by atoms with Crippen molar-refractivity contribution in [3.63, 3.8) is 0 Å². The molecule has 0 aromatic heterocycles. The topological polar surface area (TPSA) is 115 Å². The predicted octanol–water partition coefficient (Wildman–Crippen LogP) is -2.45. The fourth-order valence-electron chi connectivity index (χ4n) is 3.69. The molecule has 1 saturated carbocycles. The van der Waals surface area contributed by atoms with Gasteiger partial charge in [0.05, 0.1) is 27.2 Å². The number of piperidine rings is 1. The van der Waals surface area contributed by atoms with Gasteiger partial charge in [0, 0.05) is 5.92 Å². The SMILES string of the molecule is C[N+]1(C)CCC2CC(P(=O)(O)O)(P(=O)(O)O)CC2C1.[I-]. The maximum Gasteiger partial charge on any atom is 0.343 e. The van der Waals surface area contributed by atoms with Gasteiger partial charge in [0.2, 0.25) is 0 Å². The lowest BCUT2D eigenvalue weighted by Crippen LogP contribution is -3.00. The number of rotatable bonds is 2. The van der Waals surface area contributed by atoms with Crippen LogP contribution in [0.5, 0.6) is 0 Å². The van der Waals surface area contributed by atoms with E-state index in [4.69, 9.17) is 0 Å². The smallest absolute Gasteiger partial charge is 0.343 e. The van der Waals surface area contributed by atoms with E-state index in [2.05, 4.69) is 0 Å². The van der Waals surface area contributed by atoms with Crippen molar-refractivity contribution in [2.24, 2.45) is 11.8 Å². The van der Waals surface area contributed by atoms with Gasteiger partial charge >= 0.3 is 15.2 Å². The highest BCUT2D eigenvalue weighted by Gasteiger charge is 2.66. The summed E-state index contributed by atoms with van der Waals surface area (Å²) in [5.74, 6) is -0.0181. The quantitative estimate of drug-likeness (QED) is 0.215. The van der Waals surface area contributed by atoms with E-state index in [-0.39, 0.29) is 48.7 Å². The molecular formula is C10H22INO6P2. The lowest BCUT2D eigenvalue weighted by molar-refractivity contribution is -0.900. The molecule has 10 heteroatoms. The van der Waals surface area contributed by atoms with Gasteiger partial charge in [0.15, 0.2) is 4.90 Å². The normalized spacial score (nSPS) is 32.3. The van der Waals surface area contributed by atoms with Crippen LogP contribution in [0.25, 0.3) is 0 Å². The van der Waals surface area contributed by atoms with E-state index in [1.807, 2.05) is 14.1 Å². The second-order valence-corrected chi connectivity index (χ2v) is 10.9. The molecule has 1 heterocycles. The molecule has 2 atom stereocenters. The lowest BCUT2D eigenvalue weighted by Gasteiger charge is -2.39. The molecule has 0 amide bonds. The van der Waals surface area contributed by atoms with Crippen LogP contribution in [0.3, 0.4) is 0 Å². The lowest BCUT2D eigenvalue weighted by atomic mass is 9.88. The van der Waals surface area contributed by atoms with Gasteiger partial charge in [-0.1, -0.05) is 0 Å². The number of quaternary nitrogens is 1. The van der Waals surface area contributed by atoms with Gasteiger partial charge in [-0.15, -0.1) is 0 Å². The standard InChI is InChI=1S/C10H21NO6P2.HI/c1-11(2)4-3-8-5-10(18(12,13)14,19(15,16)17)6-9(8)7-11;/h8-9H,3-7H2,1-2H3,(H3-,12,13,14,15,16,17);1H. The minimum absolute atomic E-state index is 0. The number of nitrogens with zero attached hydrogens (tertiary/aromatic N) is 1. The Labute approximate surface area is 135 Å². The molecule has 0 bridgehead atoms. The van der Waals surface area contributed by atoms with Crippen LogP contribution in [0.4, 0.5) is 0 Å². The summed E-state index contributed by atoms with van der Waals surface area (Å²) in [7, 11) is -5.64. The van der Waals surface area contributed by atoms with Gasteiger partial charge in [-0.05, 0) is 25.2 Å². The van der Waals surface area contributed by atoms with Crippen LogP contribution in [0.15, 0.2) is 0 Å². The van der Waals surface area contributed by atoms with Crippen LogP contribution in [-0.2, 0) is 9.13 Å². The van der Waals surface area contributed by atoms with Gasteiger partial charge in [-0.25, -0.2) is 0 Å². The first-order chi connectivity index (χ1) is 8.38. The molecule has 0 aromatic carbocycles. The van der Waals surface area contributed by atoms with Gasteiger partial charge < -0.3 is 48.0 Å². The molecule has 2 rings (SSSR count). The van der Waals surface area contributed by atoms with Crippen LogP contribution < -0.4 is 24.0 Å². The zero-order valence-corrected chi connectivity index (χ0v) is 15.5. The first-order valence-corrected chi connectivity index (χ1v) is 9.54. The highest BCUT2D eigenvalue weighted by molar-refractivity contribution is 7.72. The Morgan fingerprint density at radius 3 is 1.90 bits per heavy atom. The average molecular weight is 441 g/mol. The van der Waals surface area contributed by atoms with Crippen molar-refractivity contribution >= 4 is 15.2 Å². The summed E-state index contributed by atoms with van der Waals surface area (Å²) in [6.45, 7) is 1.59. The number of halogens is 1. The number of likely N-dealkylation sites (tertiary alicyclic amines) is 1. The van der Waals surface area contributed by atoms with Crippen molar-refractivity contribution in [3.8, 4) is 0 Å². The van der Waals surface area contributed by atoms with Crippen molar-refractivity contribution in [1.29, 1.82) is 0 Å². The van der Waals surface area contributed by atoms with Crippen molar-refractivity contribution in [3.05, 3.63) is 0 Å². The first kappa shape index (κ1) is 19.0.